The van der Waals surface area contributed by atoms with Crippen LogP contribution in [0.15, 0.2) is 30.3 Å². The summed E-state index contributed by atoms with van der Waals surface area (Å²) in [6.07, 6.45) is 0.172. The van der Waals surface area contributed by atoms with Crippen LogP contribution in [-0.4, -0.2) is 31.6 Å². The number of nitrogens with two attached hydrogens (primary N) is 1. The molecule has 0 saturated carbocycles. The fourth-order valence-electron chi connectivity index (χ4n) is 1.72. The molecular weight excluding hydrogens is 244 g/mol. The first-order chi connectivity index (χ1) is 9.19. The first kappa shape index (κ1) is 15.2. The fraction of sp³-hybridized carbons (Fsp3) is 0.429. The third kappa shape index (κ3) is 5.09. The minimum absolute atomic E-state index is 0.169. The van der Waals surface area contributed by atoms with Gasteiger partial charge in [-0.15, -0.1) is 0 Å². The molecular formula is C14H20N2O3. The lowest BCUT2D eigenvalue weighted by Crippen LogP contribution is -2.34. The summed E-state index contributed by atoms with van der Waals surface area (Å²) in [5, 5.41) is 2.70. The van der Waals surface area contributed by atoms with E-state index in [1.807, 2.05) is 30.3 Å². The van der Waals surface area contributed by atoms with Gasteiger partial charge in [-0.2, -0.15) is 0 Å². The number of benzene rings is 1. The lowest BCUT2D eigenvalue weighted by molar-refractivity contribution is -0.143. The molecule has 0 aliphatic heterocycles. The van der Waals surface area contributed by atoms with Crippen LogP contribution in [0.25, 0.3) is 0 Å². The molecule has 0 saturated heterocycles. The molecule has 0 radical (unpaired) electrons. The van der Waals surface area contributed by atoms with Crippen molar-refractivity contribution < 1.29 is 14.3 Å². The van der Waals surface area contributed by atoms with E-state index >= 15 is 0 Å². The Morgan fingerprint density at radius 1 is 1.32 bits per heavy atom. The van der Waals surface area contributed by atoms with Gasteiger partial charge >= 0.3 is 5.97 Å². The van der Waals surface area contributed by atoms with Gasteiger partial charge in [-0.3, -0.25) is 9.59 Å². The molecule has 0 aliphatic rings. The minimum atomic E-state index is -0.386. The van der Waals surface area contributed by atoms with Crippen LogP contribution >= 0.6 is 0 Å². The molecule has 3 N–H and O–H groups in total. The maximum Gasteiger partial charge on any atom is 0.307 e. The summed E-state index contributed by atoms with van der Waals surface area (Å²) >= 11 is 0. The third-order valence-corrected chi connectivity index (χ3v) is 2.69. The largest absolute Gasteiger partial charge is 0.466 e. The highest BCUT2D eigenvalue weighted by molar-refractivity contribution is 5.84. The zero-order valence-electron chi connectivity index (χ0n) is 11.1. The lowest BCUT2D eigenvalue weighted by Gasteiger charge is -2.15. The molecule has 1 amide bonds. The van der Waals surface area contributed by atoms with Crippen molar-refractivity contribution >= 4 is 11.9 Å². The molecule has 5 nitrogen and oxygen atoms in total. The van der Waals surface area contributed by atoms with Crippen LogP contribution < -0.4 is 11.1 Å². The van der Waals surface area contributed by atoms with Crippen LogP contribution in [-0.2, 0) is 14.3 Å². The van der Waals surface area contributed by atoms with Crippen molar-refractivity contribution in [2.45, 2.75) is 19.3 Å². The van der Waals surface area contributed by atoms with E-state index in [9.17, 15) is 9.59 Å². The molecule has 0 aromatic heterocycles. The topological polar surface area (TPSA) is 81.4 Å². The van der Waals surface area contributed by atoms with Crippen LogP contribution in [0, 0.1) is 0 Å². The average molecular weight is 264 g/mol. The van der Waals surface area contributed by atoms with Gasteiger partial charge in [0, 0.05) is 13.1 Å². The van der Waals surface area contributed by atoms with Gasteiger partial charge in [-0.05, 0) is 12.5 Å². The molecule has 1 rings (SSSR count). The van der Waals surface area contributed by atoms with Gasteiger partial charge in [0.15, 0.2) is 0 Å². The van der Waals surface area contributed by atoms with Crippen molar-refractivity contribution in [3.05, 3.63) is 35.9 Å². The van der Waals surface area contributed by atoms with Crippen molar-refractivity contribution in [2.24, 2.45) is 5.73 Å². The van der Waals surface area contributed by atoms with Gasteiger partial charge in [0.2, 0.25) is 5.91 Å². The van der Waals surface area contributed by atoms with E-state index in [0.717, 1.165) is 5.56 Å². The monoisotopic (exact) mass is 264 g/mol. The summed E-state index contributed by atoms with van der Waals surface area (Å²) in [5.74, 6) is -0.867. The Labute approximate surface area is 113 Å². The predicted molar refractivity (Wildman–Crippen MR) is 72.5 cm³/mol. The number of esters is 1. The number of hydrogen-bond donors (Lipinski definition) is 2. The highest BCUT2D eigenvalue weighted by Gasteiger charge is 2.18. The summed E-state index contributed by atoms with van der Waals surface area (Å²) in [6.45, 7) is 2.59. The Kier molecular flexibility index (Phi) is 6.60. The number of carbonyl (C=O) groups excluding carboxylic acids is 2. The van der Waals surface area contributed by atoms with Crippen molar-refractivity contribution in [2.75, 3.05) is 19.7 Å². The molecule has 0 spiro atoms. The third-order valence-electron chi connectivity index (χ3n) is 2.69. The van der Waals surface area contributed by atoms with Crippen LogP contribution in [0.4, 0.5) is 0 Å². The van der Waals surface area contributed by atoms with E-state index in [-0.39, 0.29) is 37.3 Å². The standard InChI is InChI=1S/C14H20N2O3/c1-2-19-13(17)8-9-16-14(18)12(10-15)11-6-4-3-5-7-11/h3-7,12H,2,8-10,15H2,1H3,(H,16,18). The molecule has 0 heterocycles. The first-order valence-electron chi connectivity index (χ1n) is 6.37. The Morgan fingerprint density at radius 3 is 2.58 bits per heavy atom. The summed E-state index contributed by atoms with van der Waals surface area (Å²) in [7, 11) is 0. The SMILES string of the molecule is CCOC(=O)CCNC(=O)C(CN)c1ccccc1. The molecule has 1 unspecified atom stereocenters. The predicted octanol–water partition coefficient (Wildman–Crippen LogP) is 0.798. The number of ether oxygens (including phenoxy) is 1. The average Bonchev–Trinajstić information content (AvgIpc) is 2.41. The normalized spacial score (nSPS) is 11.7. The first-order valence-corrected chi connectivity index (χ1v) is 6.37. The molecule has 1 aromatic rings. The number of nitrogens with one attached hydrogen (secondary N) is 1. The molecule has 1 aromatic carbocycles. The Bertz CT molecular complexity index is 406. The van der Waals surface area contributed by atoms with E-state index in [1.165, 1.54) is 0 Å². The molecule has 104 valence electrons. The highest BCUT2D eigenvalue weighted by atomic mass is 16.5. The quantitative estimate of drug-likeness (QED) is 0.714. The second-order valence-corrected chi connectivity index (χ2v) is 4.05. The van der Waals surface area contributed by atoms with E-state index in [0.29, 0.717) is 6.61 Å². The van der Waals surface area contributed by atoms with Gasteiger partial charge in [0.1, 0.15) is 0 Å². The number of rotatable bonds is 7. The van der Waals surface area contributed by atoms with Crippen molar-refractivity contribution in [1.82, 2.24) is 5.32 Å². The molecule has 1 atom stereocenters. The van der Waals surface area contributed by atoms with Crippen molar-refractivity contribution in [3.63, 3.8) is 0 Å². The fourth-order valence-corrected chi connectivity index (χ4v) is 1.72. The second kappa shape index (κ2) is 8.26. The summed E-state index contributed by atoms with van der Waals surface area (Å²) in [6, 6.07) is 9.34. The zero-order valence-corrected chi connectivity index (χ0v) is 11.1. The van der Waals surface area contributed by atoms with Gasteiger partial charge in [0.25, 0.3) is 0 Å². The summed E-state index contributed by atoms with van der Waals surface area (Å²) < 4.78 is 4.78. The Balaban J connectivity index is 2.45. The van der Waals surface area contributed by atoms with Crippen LogP contribution in [0.5, 0.6) is 0 Å². The molecule has 0 fully saturated rings. The van der Waals surface area contributed by atoms with Crippen LogP contribution in [0.2, 0.25) is 0 Å². The maximum atomic E-state index is 12.0. The van der Waals surface area contributed by atoms with E-state index < -0.39 is 0 Å². The van der Waals surface area contributed by atoms with Crippen LogP contribution in [0.3, 0.4) is 0 Å². The Hall–Kier alpha value is -1.88. The van der Waals surface area contributed by atoms with E-state index in [4.69, 9.17) is 10.5 Å². The molecule has 0 aliphatic carbocycles. The number of hydrogen-bond acceptors (Lipinski definition) is 4. The van der Waals surface area contributed by atoms with Crippen molar-refractivity contribution in [1.29, 1.82) is 0 Å². The zero-order chi connectivity index (χ0) is 14.1. The second-order valence-electron chi connectivity index (χ2n) is 4.05. The number of amides is 1. The smallest absolute Gasteiger partial charge is 0.307 e. The van der Waals surface area contributed by atoms with Gasteiger partial charge in [-0.25, -0.2) is 0 Å². The molecule has 0 bridgehead atoms. The minimum Gasteiger partial charge on any atom is -0.466 e. The molecule has 19 heavy (non-hydrogen) atoms. The van der Waals surface area contributed by atoms with E-state index in [2.05, 4.69) is 5.32 Å². The van der Waals surface area contributed by atoms with Crippen molar-refractivity contribution in [3.8, 4) is 0 Å². The van der Waals surface area contributed by atoms with Gasteiger partial charge in [-0.1, -0.05) is 30.3 Å². The van der Waals surface area contributed by atoms with Gasteiger partial charge in [0.05, 0.1) is 18.9 Å². The number of carbonyl (C=O) groups is 2. The maximum absolute atomic E-state index is 12.0. The summed E-state index contributed by atoms with van der Waals surface area (Å²) in [5.41, 5.74) is 6.51. The summed E-state index contributed by atoms with van der Waals surface area (Å²) in [4.78, 5) is 23.1. The highest BCUT2D eigenvalue weighted by Crippen LogP contribution is 2.13. The molecule has 5 heteroatoms. The lowest BCUT2D eigenvalue weighted by atomic mass is 9.98. The van der Waals surface area contributed by atoms with Crippen LogP contribution in [0.1, 0.15) is 24.8 Å². The van der Waals surface area contributed by atoms with E-state index in [1.54, 1.807) is 6.92 Å². The Morgan fingerprint density at radius 2 is 2.00 bits per heavy atom. The van der Waals surface area contributed by atoms with Gasteiger partial charge < -0.3 is 15.8 Å².